The summed E-state index contributed by atoms with van der Waals surface area (Å²) in [5, 5.41) is 22.1. The third-order valence-corrected chi connectivity index (χ3v) is 2.85. The molecule has 2 aromatic rings. The van der Waals surface area contributed by atoms with Crippen LogP contribution in [0, 0.1) is 10.1 Å². The van der Waals surface area contributed by atoms with Crippen LogP contribution in [-0.2, 0) is 6.54 Å². The fourth-order valence-corrected chi connectivity index (χ4v) is 1.78. The number of nitro groups is 1. The number of methoxy groups -OCH3 is 1. The zero-order chi connectivity index (χ0) is 15.4. The number of non-ortho nitro benzene ring substituents is 1. The van der Waals surface area contributed by atoms with E-state index in [1.165, 1.54) is 23.9 Å². The molecule has 0 spiro atoms. The van der Waals surface area contributed by atoms with Gasteiger partial charge in [0.15, 0.2) is 0 Å². The van der Waals surface area contributed by atoms with E-state index in [2.05, 4.69) is 15.6 Å². The first kappa shape index (κ1) is 14.9. The smallest absolute Gasteiger partial charge is 0.271 e. The molecule has 0 radical (unpaired) electrons. The number of nitro benzene ring substituents is 1. The van der Waals surface area contributed by atoms with E-state index in [4.69, 9.17) is 4.74 Å². The molecule has 0 amide bonds. The molecule has 0 saturated heterocycles. The van der Waals surface area contributed by atoms with Crippen LogP contribution in [0.25, 0.3) is 5.69 Å². The Labute approximate surface area is 121 Å². The average molecular weight is 291 g/mol. The van der Waals surface area contributed by atoms with Crippen molar-refractivity contribution in [2.45, 2.75) is 26.4 Å². The van der Waals surface area contributed by atoms with Crippen LogP contribution < -0.4 is 10.1 Å². The first-order valence-corrected chi connectivity index (χ1v) is 6.48. The van der Waals surface area contributed by atoms with Crippen LogP contribution in [0.4, 0.5) is 5.69 Å². The van der Waals surface area contributed by atoms with E-state index < -0.39 is 4.92 Å². The van der Waals surface area contributed by atoms with Gasteiger partial charge >= 0.3 is 0 Å². The maximum atomic E-state index is 10.9. The van der Waals surface area contributed by atoms with E-state index >= 15 is 0 Å². The molecule has 0 aliphatic carbocycles. The van der Waals surface area contributed by atoms with Crippen molar-refractivity contribution in [1.29, 1.82) is 0 Å². The first-order chi connectivity index (χ1) is 10.0. The van der Waals surface area contributed by atoms with Crippen molar-refractivity contribution in [1.82, 2.24) is 20.3 Å². The van der Waals surface area contributed by atoms with Crippen molar-refractivity contribution in [3.8, 4) is 11.4 Å². The van der Waals surface area contributed by atoms with Crippen LogP contribution in [0.2, 0.25) is 0 Å². The van der Waals surface area contributed by atoms with Gasteiger partial charge in [-0.3, -0.25) is 10.1 Å². The number of aromatic nitrogens is 3. The highest BCUT2D eigenvalue weighted by Gasteiger charge is 2.14. The molecular weight excluding hydrogens is 274 g/mol. The lowest BCUT2D eigenvalue weighted by molar-refractivity contribution is -0.384. The maximum absolute atomic E-state index is 10.9. The topological polar surface area (TPSA) is 95.1 Å². The van der Waals surface area contributed by atoms with Gasteiger partial charge in [-0.15, -0.1) is 5.10 Å². The second-order valence-electron chi connectivity index (χ2n) is 4.80. The Morgan fingerprint density at radius 2 is 2.24 bits per heavy atom. The Balaban J connectivity index is 2.32. The fourth-order valence-electron chi connectivity index (χ4n) is 1.78. The summed E-state index contributed by atoms with van der Waals surface area (Å²) in [6, 6.07) is 4.68. The van der Waals surface area contributed by atoms with Gasteiger partial charge in [-0.05, 0) is 6.07 Å². The molecule has 8 heteroatoms. The molecule has 112 valence electrons. The summed E-state index contributed by atoms with van der Waals surface area (Å²) in [6.07, 6.45) is 1.72. The van der Waals surface area contributed by atoms with Gasteiger partial charge in [-0.1, -0.05) is 19.1 Å². The number of hydrogen-bond acceptors (Lipinski definition) is 6. The lowest BCUT2D eigenvalue weighted by Crippen LogP contribution is -2.21. The molecule has 1 aromatic heterocycles. The van der Waals surface area contributed by atoms with E-state index in [-0.39, 0.29) is 5.69 Å². The summed E-state index contributed by atoms with van der Waals surface area (Å²) in [5.74, 6) is 0.494. The molecule has 0 atom stereocenters. The molecular formula is C13H17N5O3. The van der Waals surface area contributed by atoms with Gasteiger partial charge in [0.25, 0.3) is 5.69 Å². The van der Waals surface area contributed by atoms with Gasteiger partial charge in [0, 0.05) is 24.7 Å². The lowest BCUT2D eigenvalue weighted by Gasteiger charge is -2.07. The molecule has 8 nitrogen and oxygen atoms in total. The summed E-state index contributed by atoms with van der Waals surface area (Å²) in [5.41, 5.74) is 1.20. The molecule has 0 bridgehead atoms. The van der Waals surface area contributed by atoms with Gasteiger partial charge in [-0.25, -0.2) is 4.68 Å². The number of nitrogens with zero attached hydrogens (tertiary/aromatic N) is 4. The summed E-state index contributed by atoms with van der Waals surface area (Å²) < 4.78 is 6.69. The zero-order valence-corrected chi connectivity index (χ0v) is 12.1. The standard InChI is InChI=1S/C13H17N5O3/c1-9(2)14-7-10-8-17(16-15-10)12-6-11(18(19)20)4-5-13(12)21-3/h4-6,8-9,14H,7H2,1-3H3. The van der Waals surface area contributed by atoms with E-state index in [0.29, 0.717) is 24.0 Å². The minimum Gasteiger partial charge on any atom is -0.494 e. The van der Waals surface area contributed by atoms with Crippen LogP contribution in [-0.4, -0.2) is 33.1 Å². The number of rotatable bonds is 6. The van der Waals surface area contributed by atoms with E-state index in [1.807, 2.05) is 13.8 Å². The van der Waals surface area contributed by atoms with Crippen molar-refractivity contribution < 1.29 is 9.66 Å². The highest BCUT2D eigenvalue weighted by molar-refractivity contribution is 5.53. The van der Waals surface area contributed by atoms with Crippen LogP contribution in [0.3, 0.4) is 0 Å². The van der Waals surface area contributed by atoms with Crippen molar-refractivity contribution >= 4 is 5.69 Å². The zero-order valence-electron chi connectivity index (χ0n) is 12.1. The third-order valence-electron chi connectivity index (χ3n) is 2.85. The monoisotopic (exact) mass is 291 g/mol. The number of hydrogen-bond donors (Lipinski definition) is 1. The lowest BCUT2D eigenvalue weighted by atomic mass is 10.2. The predicted molar refractivity (Wildman–Crippen MR) is 76.5 cm³/mol. The predicted octanol–water partition coefficient (Wildman–Crippen LogP) is 1.68. The molecule has 1 heterocycles. The Morgan fingerprint density at radius 1 is 1.48 bits per heavy atom. The Kier molecular flexibility index (Phi) is 4.49. The third kappa shape index (κ3) is 3.54. The molecule has 0 saturated carbocycles. The number of benzene rings is 1. The van der Waals surface area contributed by atoms with Gasteiger partial charge < -0.3 is 10.1 Å². The van der Waals surface area contributed by atoms with E-state index in [0.717, 1.165) is 5.69 Å². The quantitative estimate of drug-likeness (QED) is 0.642. The van der Waals surface area contributed by atoms with Gasteiger partial charge in [0.2, 0.25) is 0 Å². The highest BCUT2D eigenvalue weighted by atomic mass is 16.6. The number of ether oxygens (including phenoxy) is 1. The fraction of sp³-hybridized carbons (Fsp3) is 0.385. The molecule has 2 rings (SSSR count). The molecule has 0 fully saturated rings. The molecule has 0 unspecified atom stereocenters. The molecule has 0 aliphatic rings. The maximum Gasteiger partial charge on any atom is 0.271 e. The van der Waals surface area contributed by atoms with Crippen molar-refractivity contribution in [3.05, 3.63) is 40.2 Å². The second kappa shape index (κ2) is 6.31. The molecule has 1 N–H and O–H groups in total. The van der Waals surface area contributed by atoms with Crippen LogP contribution in [0.5, 0.6) is 5.75 Å². The summed E-state index contributed by atoms with van der Waals surface area (Å²) in [4.78, 5) is 10.4. The number of nitrogens with one attached hydrogen (secondary N) is 1. The first-order valence-electron chi connectivity index (χ1n) is 6.48. The molecule has 1 aromatic carbocycles. The Bertz CT molecular complexity index is 638. The van der Waals surface area contributed by atoms with Crippen LogP contribution in [0.1, 0.15) is 19.5 Å². The highest BCUT2D eigenvalue weighted by Crippen LogP contribution is 2.26. The summed E-state index contributed by atoms with van der Waals surface area (Å²) in [7, 11) is 1.50. The van der Waals surface area contributed by atoms with Crippen LogP contribution in [0.15, 0.2) is 24.4 Å². The Morgan fingerprint density at radius 3 is 2.86 bits per heavy atom. The minimum absolute atomic E-state index is 0.0249. The van der Waals surface area contributed by atoms with Crippen molar-refractivity contribution in [3.63, 3.8) is 0 Å². The van der Waals surface area contributed by atoms with Gasteiger partial charge in [0.1, 0.15) is 11.4 Å². The average Bonchev–Trinajstić information content (AvgIpc) is 2.93. The second-order valence-corrected chi connectivity index (χ2v) is 4.80. The SMILES string of the molecule is COc1ccc([N+](=O)[O-])cc1-n1cc(CNC(C)C)nn1. The van der Waals surface area contributed by atoms with Crippen molar-refractivity contribution in [2.75, 3.05) is 7.11 Å². The Hall–Kier alpha value is -2.48. The van der Waals surface area contributed by atoms with Crippen molar-refractivity contribution in [2.24, 2.45) is 0 Å². The summed E-state index contributed by atoms with van der Waals surface area (Å²) >= 11 is 0. The van der Waals surface area contributed by atoms with Gasteiger partial charge in [0.05, 0.1) is 23.9 Å². The molecule has 21 heavy (non-hydrogen) atoms. The minimum atomic E-state index is -0.457. The molecule has 0 aliphatic heterocycles. The normalized spacial score (nSPS) is 10.9. The van der Waals surface area contributed by atoms with Crippen LogP contribution >= 0.6 is 0 Å². The van der Waals surface area contributed by atoms with E-state index in [9.17, 15) is 10.1 Å². The van der Waals surface area contributed by atoms with E-state index in [1.54, 1.807) is 12.3 Å². The summed E-state index contributed by atoms with van der Waals surface area (Å²) in [6.45, 7) is 4.65. The van der Waals surface area contributed by atoms with Gasteiger partial charge in [-0.2, -0.15) is 0 Å². The largest absolute Gasteiger partial charge is 0.494 e.